The summed E-state index contributed by atoms with van der Waals surface area (Å²) < 4.78 is 5.49. The van der Waals surface area contributed by atoms with Crippen LogP contribution in [-0.4, -0.2) is 42.2 Å². The van der Waals surface area contributed by atoms with Gasteiger partial charge in [-0.05, 0) is 32.9 Å². The van der Waals surface area contributed by atoms with Crippen LogP contribution < -0.4 is 10.6 Å². The van der Waals surface area contributed by atoms with Crippen LogP contribution in [0.25, 0.3) is 0 Å². The number of aliphatic imine (C=N–C) groups is 1. The summed E-state index contributed by atoms with van der Waals surface area (Å²) >= 11 is 1.81. The van der Waals surface area contributed by atoms with Gasteiger partial charge in [0, 0.05) is 24.6 Å². The second-order valence-electron chi connectivity index (χ2n) is 5.17. The number of rotatable bonds is 9. The smallest absolute Gasteiger partial charge is 0.191 e. The Balaban J connectivity index is 0.00000484. The SMILES string of the molecule is C=CCSCCNC(=NCC(C)(O)c1ccc(C)o1)NCC.I. The van der Waals surface area contributed by atoms with Gasteiger partial charge in [-0.15, -0.1) is 30.6 Å². The number of nitrogens with one attached hydrogen (secondary N) is 2. The van der Waals surface area contributed by atoms with Crippen LogP contribution in [0, 0.1) is 6.92 Å². The van der Waals surface area contributed by atoms with Crippen LogP contribution in [0.4, 0.5) is 0 Å². The zero-order valence-electron chi connectivity index (χ0n) is 14.1. The summed E-state index contributed by atoms with van der Waals surface area (Å²) in [4.78, 5) is 4.44. The first kappa shape index (κ1) is 22.3. The number of hydrogen-bond acceptors (Lipinski definition) is 4. The predicted molar refractivity (Wildman–Crippen MR) is 110 cm³/mol. The molecule has 0 aliphatic heterocycles. The minimum atomic E-state index is -1.12. The van der Waals surface area contributed by atoms with Crippen LogP contribution in [0.3, 0.4) is 0 Å². The molecular formula is C16H28IN3O2S. The number of hydrogen-bond donors (Lipinski definition) is 3. The van der Waals surface area contributed by atoms with Crippen LogP contribution >= 0.6 is 35.7 Å². The van der Waals surface area contributed by atoms with Crippen molar-refractivity contribution in [3.05, 3.63) is 36.3 Å². The van der Waals surface area contributed by atoms with Crippen molar-refractivity contribution in [3.8, 4) is 0 Å². The highest BCUT2D eigenvalue weighted by atomic mass is 127. The van der Waals surface area contributed by atoms with Gasteiger partial charge in [0.25, 0.3) is 0 Å². The first-order valence-electron chi connectivity index (χ1n) is 7.49. The molecule has 5 nitrogen and oxygen atoms in total. The Kier molecular flexibility index (Phi) is 11.5. The van der Waals surface area contributed by atoms with E-state index in [-0.39, 0.29) is 30.5 Å². The molecule has 0 radical (unpaired) electrons. The standard InChI is InChI=1S/C16H27N3O2S.HI/c1-5-10-22-11-9-18-15(17-6-2)19-12-16(4,20)14-8-7-13(3)21-14;/h5,7-8,20H,1,6,9-12H2,2-4H3,(H2,17,18,19);1H. The lowest BCUT2D eigenvalue weighted by atomic mass is 10.0. The van der Waals surface area contributed by atoms with E-state index in [9.17, 15) is 5.11 Å². The topological polar surface area (TPSA) is 69.8 Å². The van der Waals surface area contributed by atoms with Crippen LogP contribution in [0.2, 0.25) is 0 Å². The summed E-state index contributed by atoms with van der Waals surface area (Å²) in [7, 11) is 0. The van der Waals surface area contributed by atoms with Crippen molar-refractivity contribution in [2.75, 3.05) is 31.1 Å². The lowest BCUT2D eigenvalue weighted by Crippen LogP contribution is -2.39. The zero-order valence-corrected chi connectivity index (χ0v) is 17.2. The molecule has 1 rings (SSSR count). The summed E-state index contributed by atoms with van der Waals surface area (Å²) in [6, 6.07) is 3.63. The van der Waals surface area contributed by atoms with E-state index in [1.54, 1.807) is 13.0 Å². The van der Waals surface area contributed by atoms with E-state index in [1.807, 2.05) is 37.8 Å². The maximum Gasteiger partial charge on any atom is 0.191 e. The maximum absolute atomic E-state index is 10.5. The first-order valence-corrected chi connectivity index (χ1v) is 8.65. The molecule has 3 N–H and O–H groups in total. The van der Waals surface area contributed by atoms with Crippen molar-refractivity contribution in [2.45, 2.75) is 26.4 Å². The average Bonchev–Trinajstić information content (AvgIpc) is 2.92. The fraction of sp³-hybridized carbons (Fsp3) is 0.562. The molecule has 0 aliphatic carbocycles. The molecule has 0 saturated carbocycles. The Morgan fingerprint density at radius 1 is 1.48 bits per heavy atom. The van der Waals surface area contributed by atoms with Crippen molar-refractivity contribution in [3.63, 3.8) is 0 Å². The van der Waals surface area contributed by atoms with Crippen LogP contribution in [0.15, 0.2) is 34.2 Å². The minimum Gasteiger partial charge on any atom is -0.463 e. The maximum atomic E-state index is 10.5. The molecule has 0 amide bonds. The van der Waals surface area contributed by atoms with Gasteiger partial charge in [-0.3, -0.25) is 0 Å². The molecule has 0 saturated heterocycles. The quantitative estimate of drug-likeness (QED) is 0.176. The molecule has 7 heteroatoms. The van der Waals surface area contributed by atoms with Gasteiger partial charge in [-0.1, -0.05) is 6.08 Å². The Hall–Kier alpha value is -0.670. The van der Waals surface area contributed by atoms with E-state index in [4.69, 9.17) is 4.42 Å². The molecule has 1 aromatic rings. The summed E-state index contributed by atoms with van der Waals surface area (Å²) in [6.07, 6.45) is 1.90. The van der Waals surface area contributed by atoms with Gasteiger partial charge >= 0.3 is 0 Å². The number of guanidine groups is 1. The average molecular weight is 453 g/mol. The van der Waals surface area contributed by atoms with E-state index in [0.29, 0.717) is 11.7 Å². The molecule has 0 aliphatic rings. The van der Waals surface area contributed by atoms with E-state index in [2.05, 4.69) is 22.2 Å². The van der Waals surface area contributed by atoms with Gasteiger partial charge in [-0.25, -0.2) is 4.99 Å². The highest BCUT2D eigenvalue weighted by Crippen LogP contribution is 2.22. The number of furan rings is 1. The van der Waals surface area contributed by atoms with Crippen LogP contribution in [0.5, 0.6) is 0 Å². The molecule has 0 aromatic carbocycles. The van der Waals surface area contributed by atoms with Gasteiger partial charge in [0.1, 0.15) is 17.1 Å². The lowest BCUT2D eigenvalue weighted by molar-refractivity contribution is 0.0428. The van der Waals surface area contributed by atoms with E-state index >= 15 is 0 Å². The summed E-state index contributed by atoms with van der Waals surface area (Å²) in [5, 5.41) is 16.9. The predicted octanol–water partition coefficient (Wildman–Crippen LogP) is 2.89. The number of aliphatic hydroxyl groups is 1. The van der Waals surface area contributed by atoms with E-state index in [1.165, 1.54) is 0 Å². The largest absolute Gasteiger partial charge is 0.463 e. The molecule has 0 fully saturated rings. The third kappa shape index (κ3) is 8.66. The number of halogens is 1. The Morgan fingerprint density at radius 3 is 2.78 bits per heavy atom. The molecule has 0 spiro atoms. The van der Waals surface area contributed by atoms with Crippen molar-refractivity contribution < 1.29 is 9.52 Å². The van der Waals surface area contributed by atoms with E-state index < -0.39 is 5.60 Å². The second-order valence-corrected chi connectivity index (χ2v) is 6.32. The molecule has 132 valence electrons. The second kappa shape index (κ2) is 11.8. The van der Waals surface area contributed by atoms with Gasteiger partial charge < -0.3 is 20.2 Å². The number of thioether (sulfide) groups is 1. The van der Waals surface area contributed by atoms with Gasteiger partial charge in [0.15, 0.2) is 5.96 Å². The first-order chi connectivity index (χ1) is 10.5. The van der Waals surface area contributed by atoms with Crippen molar-refractivity contribution in [2.24, 2.45) is 4.99 Å². The number of aryl methyl sites for hydroxylation is 1. The highest BCUT2D eigenvalue weighted by Gasteiger charge is 2.26. The fourth-order valence-electron chi connectivity index (χ4n) is 1.78. The third-order valence-electron chi connectivity index (χ3n) is 2.94. The summed E-state index contributed by atoms with van der Waals surface area (Å²) in [5.74, 6) is 3.94. The molecule has 23 heavy (non-hydrogen) atoms. The van der Waals surface area contributed by atoms with Crippen molar-refractivity contribution in [1.29, 1.82) is 0 Å². The monoisotopic (exact) mass is 453 g/mol. The highest BCUT2D eigenvalue weighted by molar-refractivity contribution is 14.0. The molecule has 1 atom stereocenters. The summed E-state index contributed by atoms with van der Waals surface area (Å²) in [5.41, 5.74) is -1.12. The number of nitrogens with zero attached hydrogens (tertiary/aromatic N) is 1. The van der Waals surface area contributed by atoms with Gasteiger partial charge in [0.05, 0.1) is 6.54 Å². The van der Waals surface area contributed by atoms with Crippen molar-refractivity contribution in [1.82, 2.24) is 10.6 Å². The Labute approximate surface area is 160 Å². The molecule has 1 aromatic heterocycles. The van der Waals surface area contributed by atoms with E-state index in [0.717, 1.165) is 30.4 Å². The van der Waals surface area contributed by atoms with Gasteiger partial charge in [-0.2, -0.15) is 11.8 Å². The Morgan fingerprint density at radius 2 is 2.22 bits per heavy atom. The van der Waals surface area contributed by atoms with Crippen molar-refractivity contribution >= 4 is 41.7 Å². The molecule has 1 heterocycles. The fourth-order valence-corrected chi connectivity index (χ4v) is 2.36. The summed E-state index contributed by atoms with van der Waals surface area (Å²) in [6.45, 7) is 11.1. The molecule has 1 unspecified atom stereocenters. The lowest BCUT2D eigenvalue weighted by Gasteiger charge is -2.19. The van der Waals surface area contributed by atoms with Gasteiger partial charge in [0.2, 0.25) is 0 Å². The molecular weight excluding hydrogens is 425 g/mol. The van der Waals surface area contributed by atoms with Crippen LogP contribution in [0.1, 0.15) is 25.4 Å². The molecule has 0 bridgehead atoms. The Bertz CT molecular complexity index is 489. The van der Waals surface area contributed by atoms with Crippen LogP contribution in [-0.2, 0) is 5.60 Å². The third-order valence-corrected chi connectivity index (χ3v) is 3.90. The zero-order chi connectivity index (χ0) is 16.4. The normalized spacial score (nSPS) is 13.8. The minimum absolute atomic E-state index is 0.